The summed E-state index contributed by atoms with van der Waals surface area (Å²) in [5, 5.41) is -0.0601. The molecule has 1 aromatic heterocycles. The molecule has 26 heavy (non-hydrogen) atoms. The smallest absolute Gasteiger partial charge is 0.382 e. The second kappa shape index (κ2) is 8.19. The Morgan fingerprint density at radius 2 is 1.96 bits per heavy atom. The second-order valence-electron chi connectivity index (χ2n) is 5.62. The van der Waals surface area contributed by atoms with Crippen LogP contribution >= 0.6 is 11.6 Å². The number of anilines is 1. The Morgan fingerprint density at radius 1 is 1.27 bits per heavy atom. The highest BCUT2D eigenvalue weighted by atomic mass is 35.5. The van der Waals surface area contributed by atoms with Gasteiger partial charge in [0.1, 0.15) is 11.0 Å². The molecule has 0 saturated carbocycles. The molecule has 1 saturated heterocycles. The molecular formula is C15H17ClF3N3O4. The number of nitrogens with one attached hydrogen (secondary N) is 1. The molecule has 2 unspecified atom stereocenters. The fourth-order valence-electron chi connectivity index (χ4n) is 2.36. The minimum absolute atomic E-state index is 0.0223. The van der Waals surface area contributed by atoms with Crippen molar-refractivity contribution in [1.82, 2.24) is 9.99 Å². The number of hydrogen-bond donors (Lipinski definition) is 1. The standard InChI is InChI=1S/C15H17ClF3N3O4/c1-8-9(7-26-6-5-25-2)14(24)22(13(8)23)21-11-4-3-10(12(16)20-11)15(17,18)19/h3-4,8-9H,5-7H2,1-2H3,(H,20,21). The number of hydrazine groups is 1. The van der Waals surface area contributed by atoms with E-state index in [0.29, 0.717) is 6.61 Å². The molecule has 0 spiro atoms. The zero-order valence-corrected chi connectivity index (χ0v) is 14.7. The molecule has 1 aromatic rings. The van der Waals surface area contributed by atoms with Gasteiger partial charge >= 0.3 is 6.18 Å². The van der Waals surface area contributed by atoms with Gasteiger partial charge in [-0.1, -0.05) is 18.5 Å². The van der Waals surface area contributed by atoms with E-state index >= 15 is 0 Å². The molecule has 0 aromatic carbocycles. The number of halogens is 4. The van der Waals surface area contributed by atoms with Crippen molar-refractivity contribution in [3.8, 4) is 0 Å². The summed E-state index contributed by atoms with van der Waals surface area (Å²) >= 11 is 5.54. The Hall–Kier alpha value is -1.91. The second-order valence-corrected chi connectivity index (χ2v) is 5.98. The van der Waals surface area contributed by atoms with Crippen LogP contribution in [0.3, 0.4) is 0 Å². The molecule has 2 atom stereocenters. The van der Waals surface area contributed by atoms with Crippen LogP contribution in [0.1, 0.15) is 12.5 Å². The lowest BCUT2D eigenvalue weighted by Gasteiger charge is -2.17. The number of ether oxygens (including phenoxy) is 2. The van der Waals surface area contributed by atoms with E-state index in [-0.39, 0.29) is 19.0 Å². The zero-order chi connectivity index (χ0) is 19.5. The fourth-order valence-corrected chi connectivity index (χ4v) is 2.63. The number of pyridine rings is 1. The number of carbonyl (C=O) groups excluding carboxylic acids is 2. The molecule has 2 rings (SSSR count). The maximum Gasteiger partial charge on any atom is 0.419 e. The minimum Gasteiger partial charge on any atom is -0.382 e. The van der Waals surface area contributed by atoms with Gasteiger partial charge in [0.05, 0.1) is 37.2 Å². The van der Waals surface area contributed by atoms with Crippen molar-refractivity contribution in [2.45, 2.75) is 13.1 Å². The van der Waals surface area contributed by atoms with E-state index in [9.17, 15) is 22.8 Å². The fraction of sp³-hybridized carbons (Fsp3) is 0.533. The third-order valence-corrected chi connectivity index (χ3v) is 4.15. The van der Waals surface area contributed by atoms with Crippen molar-refractivity contribution < 1.29 is 32.2 Å². The number of carbonyl (C=O) groups is 2. The topological polar surface area (TPSA) is 80.8 Å². The summed E-state index contributed by atoms with van der Waals surface area (Å²) in [7, 11) is 1.50. The molecule has 7 nitrogen and oxygen atoms in total. The van der Waals surface area contributed by atoms with Gasteiger partial charge < -0.3 is 9.47 Å². The average molecular weight is 396 g/mol. The van der Waals surface area contributed by atoms with Crippen LogP contribution in [0.5, 0.6) is 0 Å². The first kappa shape index (κ1) is 20.4. The summed E-state index contributed by atoms with van der Waals surface area (Å²) < 4.78 is 48.2. The first-order valence-corrected chi connectivity index (χ1v) is 7.99. The van der Waals surface area contributed by atoms with Gasteiger partial charge in [0.15, 0.2) is 0 Å². The summed E-state index contributed by atoms with van der Waals surface area (Å²) in [6.07, 6.45) is -4.65. The maximum atomic E-state index is 12.7. The van der Waals surface area contributed by atoms with Gasteiger partial charge in [-0.15, -0.1) is 0 Å². The van der Waals surface area contributed by atoms with E-state index in [1.165, 1.54) is 7.11 Å². The zero-order valence-electron chi connectivity index (χ0n) is 14.0. The molecule has 144 valence electrons. The highest BCUT2D eigenvalue weighted by Gasteiger charge is 2.46. The monoisotopic (exact) mass is 395 g/mol. The summed E-state index contributed by atoms with van der Waals surface area (Å²) in [4.78, 5) is 28.2. The SMILES string of the molecule is COCCOCC1C(=O)N(Nc2ccc(C(F)(F)F)c(Cl)n2)C(=O)C1C. The number of imide groups is 1. The Kier molecular flexibility index (Phi) is 6.43. The maximum absolute atomic E-state index is 12.7. The Morgan fingerprint density at radius 3 is 2.54 bits per heavy atom. The van der Waals surface area contributed by atoms with Crippen LogP contribution in [-0.4, -0.2) is 48.7 Å². The first-order chi connectivity index (χ1) is 12.2. The van der Waals surface area contributed by atoms with Crippen LogP contribution in [0.25, 0.3) is 0 Å². The highest BCUT2D eigenvalue weighted by molar-refractivity contribution is 6.30. The van der Waals surface area contributed by atoms with Crippen molar-refractivity contribution in [3.63, 3.8) is 0 Å². The molecule has 2 amide bonds. The van der Waals surface area contributed by atoms with Crippen LogP contribution in [-0.2, 0) is 25.2 Å². The van der Waals surface area contributed by atoms with E-state index < -0.39 is 40.5 Å². The minimum atomic E-state index is -4.65. The van der Waals surface area contributed by atoms with Crippen molar-refractivity contribution in [2.75, 3.05) is 32.4 Å². The van der Waals surface area contributed by atoms with E-state index in [4.69, 9.17) is 21.1 Å². The molecule has 1 fully saturated rings. The lowest BCUT2D eigenvalue weighted by molar-refractivity contribution is -0.139. The Bertz CT molecular complexity index is 687. The van der Waals surface area contributed by atoms with Crippen LogP contribution in [0.4, 0.5) is 19.0 Å². The first-order valence-electron chi connectivity index (χ1n) is 7.61. The van der Waals surface area contributed by atoms with Crippen molar-refractivity contribution in [3.05, 3.63) is 22.8 Å². The molecule has 0 aliphatic carbocycles. The Balaban J connectivity index is 2.08. The van der Waals surface area contributed by atoms with Gasteiger partial charge in [-0.2, -0.15) is 18.2 Å². The van der Waals surface area contributed by atoms with Gasteiger partial charge in [0, 0.05) is 7.11 Å². The summed E-state index contributed by atoms with van der Waals surface area (Å²) in [5.74, 6) is -2.61. The summed E-state index contributed by atoms with van der Waals surface area (Å²) in [6, 6.07) is 1.71. The largest absolute Gasteiger partial charge is 0.419 e. The molecule has 0 radical (unpaired) electrons. The lowest BCUT2D eigenvalue weighted by atomic mass is 9.98. The number of nitrogens with zero attached hydrogens (tertiary/aromatic N) is 2. The molecule has 1 aliphatic heterocycles. The average Bonchev–Trinajstić information content (AvgIpc) is 2.75. The van der Waals surface area contributed by atoms with Crippen molar-refractivity contribution in [2.24, 2.45) is 11.8 Å². The predicted octanol–water partition coefficient (Wildman–Crippen LogP) is 2.36. The van der Waals surface area contributed by atoms with Crippen LogP contribution in [0.2, 0.25) is 5.15 Å². The molecule has 1 aliphatic rings. The summed E-state index contributed by atoms with van der Waals surface area (Å²) in [6.45, 7) is 2.21. The lowest BCUT2D eigenvalue weighted by Crippen LogP contribution is -2.37. The molecule has 2 heterocycles. The Labute approximate surface area is 152 Å². The van der Waals surface area contributed by atoms with E-state index in [2.05, 4.69) is 10.4 Å². The molecule has 0 bridgehead atoms. The summed E-state index contributed by atoms with van der Waals surface area (Å²) in [5.41, 5.74) is 1.30. The predicted molar refractivity (Wildman–Crippen MR) is 85.1 cm³/mol. The van der Waals surface area contributed by atoms with Gasteiger partial charge in [0.25, 0.3) is 11.8 Å². The highest BCUT2D eigenvalue weighted by Crippen LogP contribution is 2.34. The van der Waals surface area contributed by atoms with Crippen LogP contribution < -0.4 is 5.43 Å². The normalized spacial score (nSPS) is 20.8. The van der Waals surface area contributed by atoms with Gasteiger partial charge in [-0.05, 0) is 12.1 Å². The quantitative estimate of drug-likeness (QED) is 0.433. The van der Waals surface area contributed by atoms with Crippen molar-refractivity contribution in [1.29, 1.82) is 0 Å². The number of amides is 2. The van der Waals surface area contributed by atoms with E-state index in [1.54, 1.807) is 6.92 Å². The van der Waals surface area contributed by atoms with Crippen LogP contribution in [0, 0.1) is 11.8 Å². The third kappa shape index (κ3) is 4.43. The number of methoxy groups -OCH3 is 1. The van der Waals surface area contributed by atoms with Crippen molar-refractivity contribution >= 4 is 29.2 Å². The number of hydrogen-bond acceptors (Lipinski definition) is 6. The number of rotatable bonds is 7. The third-order valence-electron chi connectivity index (χ3n) is 3.86. The van der Waals surface area contributed by atoms with Gasteiger partial charge in [-0.25, -0.2) is 4.98 Å². The number of aromatic nitrogens is 1. The van der Waals surface area contributed by atoms with Gasteiger partial charge in [0.2, 0.25) is 0 Å². The molecule has 1 N–H and O–H groups in total. The van der Waals surface area contributed by atoms with Crippen LogP contribution in [0.15, 0.2) is 12.1 Å². The van der Waals surface area contributed by atoms with E-state index in [0.717, 1.165) is 17.1 Å². The molecular weight excluding hydrogens is 379 g/mol. The van der Waals surface area contributed by atoms with Gasteiger partial charge in [-0.3, -0.25) is 15.0 Å². The van der Waals surface area contributed by atoms with E-state index in [1.807, 2.05) is 0 Å². The number of alkyl halides is 3. The molecule has 11 heteroatoms.